The van der Waals surface area contributed by atoms with Gasteiger partial charge in [-0.15, -0.1) is 0 Å². The van der Waals surface area contributed by atoms with Crippen LogP contribution in [-0.2, 0) is 0 Å². The molecule has 6 rings (SSSR count). The topological polar surface area (TPSA) is 18.5 Å². The van der Waals surface area contributed by atoms with Gasteiger partial charge in [0.15, 0.2) is 0 Å². The lowest BCUT2D eigenvalue weighted by molar-refractivity contribution is 0.316. The van der Waals surface area contributed by atoms with E-state index in [1.54, 1.807) is 0 Å². The van der Waals surface area contributed by atoms with Crippen LogP contribution in [0.25, 0.3) is 54.2 Å². The van der Waals surface area contributed by atoms with Gasteiger partial charge in [0.1, 0.15) is 11.5 Å². The van der Waals surface area contributed by atoms with Crippen LogP contribution >= 0.6 is 0 Å². The molecular weight excluding hydrogens is 464 g/mol. The molecule has 0 atom stereocenters. The Balaban J connectivity index is 1.75. The van der Waals surface area contributed by atoms with E-state index in [9.17, 15) is 0 Å². The van der Waals surface area contributed by atoms with Gasteiger partial charge in [0, 0.05) is 21.5 Å². The highest BCUT2D eigenvalue weighted by Gasteiger charge is 2.22. The molecule has 6 aromatic rings. The molecule has 2 nitrogen and oxygen atoms in total. The summed E-state index contributed by atoms with van der Waals surface area (Å²) in [4.78, 5) is 0. The van der Waals surface area contributed by atoms with Crippen molar-refractivity contribution >= 4 is 43.1 Å². The van der Waals surface area contributed by atoms with Crippen LogP contribution in [-0.4, -0.2) is 13.2 Å². The maximum atomic E-state index is 6.49. The predicted octanol–water partition coefficient (Wildman–Crippen LogP) is 10.3. The van der Waals surface area contributed by atoms with Crippen molar-refractivity contribution in [2.45, 2.75) is 39.5 Å². The molecule has 0 unspecified atom stereocenters. The maximum Gasteiger partial charge on any atom is 0.134 e. The van der Waals surface area contributed by atoms with E-state index in [2.05, 4.69) is 111 Å². The van der Waals surface area contributed by atoms with Crippen LogP contribution in [0.1, 0.15) is 39.5 Å². The summed E-state index contributed by atoms with van der Waals surface area (Å²) in [5, 5.41) is 9.51. The zero-order valence-electron chi connectivity index (χ0n) is 22.3. The monoisotopic (exact) mass is 498 g/mol. The molecule has 0 spiro atoms. The highest BCUT2D eigenvalue weighted by atomic mass is 16.5. The van der Waals surface area contributed by atoms with Crippen molar-refractivity contribution in [2.75, 3.05) is 13.2 Å². The van der Waals surface area contributed by atoms with Crippen LogP contribution in [0.4, 0.5) is 0 Å². The maximum absolute atomic E-state index is 6.49. The molecule has 0 fully saturated rings. The number of hydrogen-bond donors (Lipinski definition) is 0. The summed E-state index contributed by atoms with van der Waals surface area (Å²) in [6, 6.07) is 34.9. The Morgan fingerprint density at radius 1 is 0.395 bits per heavy atom. The van der Waals surface area contributed by atoms with Crippen LogP contribution in [0.2, 0.25) is 0 Å². The van der Waals surface area contributed by atoms with Gasteiger partial charge in [-0.05, 0) is 45.5 Å². The molecular formula is C36H34O2. The molecule has 0 amide bonds. The lowest BCUT2D eigenvalue weighted by Crippen LogP contribution is -2.01. The highest BCUT2D eigenvalue weighted by Crippen LogP contribution is 2.49. The Bertz CT molecular complexity index is 1500. The first-order valence-corrected chi connectivity index (χ1v) is 14.0. The Hall–Kier alpha value is -4.04. The summed E-state index contributed by atoms with van der Waals surface area (Å²) in [7, 11) is 0. The first-order chi connectivity index (χ1) is 18.8. The highest BCUT2D eigenvalue weighted by molar-refractivity contribution is 6.26. The second-order valence-corrected chi connectivity index (χ2v) is 9.99. The van der Waals surface area contributed by atoms with E-state index in [-0.39, 0.29) is 0 Å². The quantitative estimate of drug-likeness (QED) is 0.146. The second kappa shape index (κ2) is 10.8. The van der Waals surface area contributed by atoms with Crippen LogP contribution in [0, 0.1) is 0 Å². The minimum absolute atomic E-state index is 0.722. The normalized spacial score (nSPS) is 11.5. The van der Waals surface area contributed by atoms with Crippen LogP contribution in [0.5, 0.6) is 11.5 Å². The van der Waals surface area contributed by atoms with Gasteiger partial charge in [-0.1, -0.05) is 124 Å². The first kappa shape index (κ1) is 24.3. The van der Waals surface area contributed by atoms with Crippen LogP contribution in [0.3, 0.4) is 0 Å². The van der Waals surface area contributed by atoms with E-state index >= 15 is 0 Å². The summed E-state index contributed by atoms with van der Waals surface area (Å²) in [6.07, 6.45) is 4.30. The third kappa shape index (κ3) is 4.15. The molecule has 0 aromatic heterocycles. The summed E-state index contributed by atoms with van der Waals surface area (Å²) in [6.45, 7) is 5.85. The number of hydrogen-bond acceptors (Lipinski definition) is 2. The second-order valence-electron chi connectivity index (χ2n) is 9.99. The fourth-order valence-electron chi connectivity index (χ4n) is 5.66. The van der Waals surface area contributed by atoms with E-state index in [1.807, 2.05) is 0 Å². The average molecular weight is 499 g/mol. The van der Waals surface area contributed by atoms with Crippen molar-refractivity contribution in [3.8, 4) is 22.6 Å². The van der Waals surface area contributed by atoms with E-state index in [0.717, 1.165) is 71.9 Å². The number of benzene rings is 6. The van der Waals surface area contributed by atoms with E-state index in [4.69, 9.17) is 9.47 Å². The molecule has 0 saturated carbocycles. The lowest BCUT2D eigenvalue weighted by Gasteiger charge is -2.22. The molecule has 0 radical (unpaired) electrons. The predicted molar refractivity (Wildman–Crippen MR) is 163 cm³/mol. The van der Waals surface area contributed by atoms with E-state index in [0.29, 0.717) is 0 Å². The lowest BCUT2D eigenvalue weighted by atomic mass is 9.85. The van der Waals surface area contributed by atoms with Gasteiger partial charge in [-0.3, -0.25) is 0 Å². The van der Waals surface area contributed by atoms with E-state index in [1.165, 1.54) is 32.7 Å². The fraction of sp³-hybridized carbons (Fsp3) is 0.222. The Labute approximate surface area is 224 Å². The van der Waals surface area contributed by atoms with Gasteiger partial charge in [0.2, 0.25) is 0 Å². The molecule has 0 aliphatic heterocycles. The number of unbranched alkanes of at least 4 members (excludes halogenated alkanes) is 2. The number of rotatable bonds is 9. The van der Waals surface area contributed by atoms with Gasteiger partial charge in [-0.25, -0.2) is 0 Å². The Morgan fingerprint density at radius 3 is 0.921 bits per heavy atom. The van der Waals surface area contributed by atoms with Gasteiger partial charge in [0.25, 0.3) is 0 Å². The van der Waals surface area contributed by atoms with E-state index < -0.39 is 0 Å². The standard InChI is InChI=1S/C36H34O2/c1-3-5-23-37-35-29-19-11-7-15-25(29)33(26-16-8-12-20-30(26)35)34-27-17-9-13-21-31(27)36(38-24-6-4-2)32-22-14-10-18-28(32)34/h7-22H,3-6,23-24H2,1-2H3. The molecule has 0 N–H and O–H groups in total. The zero-order valence-corrected chi connectivity index (χ0v) is 22.3. The molecule has 38 heavy (non-hydrogen) atoms. The third-order valence-corrected chi connectivity index (χ3v) is 7.50. The molecule has 0 heterocycles. The third-order valence-electron chi connectivity index (χ3n) is 7.50. The largest absolute Gasteiger partial charge is 0.492 e. The minimum Gasteiger partial charge on any atom is -0.492 e. The minimum atomic E-state index is 0.722. The van der Waals surface area contributed by atoms with Crippen molar-refractivity contribution in [3.63, 3.8) is 0 Å². The Morgan fingerprint density at radius 2 is 0.658 bits per heavy atom. The van der Waals surface area contributed by atoms with Crippen molar-refractivity contribution in [3.05, 3.63) is 97.1 Å². The van der Waals surface area contributed by atoms with Crippen molar-refractivity contribution in [1.82, 2.24) is 0 Å². The SMILES string of the molecule is CCCCOc1c2ccccc2c(-c2c3ccccc3c(OCCCC)c3ccccc23)c2ccccc12. The van der Waals surface area contributed by atoms with Crippen molar-refractivity contribution in [1.29, 1.82) is 0 Å². The summed E-state index contributed by atoms with van der Waals surface area (Å²) in [5.74, 6) is 1.98. The molecule has 0 aliphatic rings. The van der Waals surface area contributed by atoms with Gasteiger partial charge in [0.05, 0.1) is 13.2 Å². The van der Waals surface area contributed by atoms with Gasteiger partial charge in [-0.2, -0.15) is 0 Å². The number of fused-ring (bicyclic) bond motifs is 4. The van der Waals surface area contributed by atoms with Gasteiger partial charge < -0.3 is 9.47 Å². The Kier molecular flexibility index (Phi) is 6.88. The summed E-state index contributed by atoms with van der Waals surface area (Å²) >= 11 is 0. The molecule has 6 aromatic carbocycles. The summed E-state index contributed by atoms with van der Waals surface area (Å²) in [5.41, 5.74) is 2.51. The average Bonchev–Trinajstić information content (AvgIpc) is 2.97. The van der Waals surface area contributed by atoms with Crippen LogP contribution < -0.4 is 9.47 Å². The van der Waals surface area contributed by atoms with Crippen molar-refractivity contribution < 1.29 is 9.47 Å². The molecule has 0 aliphatic carbocycles. The molecule has 190 valence electrons. The smallest absolute Gasteiger partial charge is 0.134 e. The fourth-order valence-corrected chi connectivity index (χ4v) is 5.66. The molecule has 0 bridgehead atoms. The number of ether oxygens (including phenoxy) is 2. The summed E-state index contributed by atoms with van der Waals surface area (Å²) < 4.78 is 13.0. The molecule has 2 heteroatoms. The van der Waals surface area contributed by atoms with Gasteiger partial charge >= 0.3 is 0 Å². The first-order valence-electron chi connectivity index (χ1n) is 14.0. The van der Waals surface area contributed by atoms with Crippen molar-refractivity contribution in [2.24, 2.45) is 0 Å². The zero-order chi connectivity index (χ0) is 25.9. The molecule has 0 saturated heterocycles. The van der Waals surface area contributed by atoms with Crippen LogP contribution in [0.15, 0.2) is 97.1 Å².